The predicted octanol–water partition coefficient (Wildman–Crippen LogP) is 8.53. The zero-order valence-corrected chi connectivity index (χ0v) is 29.8. The molecule has 0 radical (unpaired) electrons. The Balaban J connectivity index is 1.52. The second-order valence-corrected chi connectivity index (χ2v) is 16.1. The summed E-state index contributed by atoms with van der Waals surface area (Å²) in [6, 6.07) is 14.8. The van der Waals surface area contributed by atoms with Crippen molar-refractivity contribution in [3.8, 4) is 33.6 Å². The number of aromatic amines is 2. The number of imidazole rings is 2. The average Bonchev–Trinajstić information content (AvgIpc) is 3.72. The second kappa shape index (κ2) is 13.6. The lowest BCUT2D eigenvalue weighted by molar-refractivity contribution is -0.131. The van der Waals surface area contributed by atoms with Crippen molar-refractivity contribution in [2.75, 3.05) is 13.3 Å². The van der Waals surface area contributed by atoms with Crippen molar-refractivity contribution < 1.29 is 18.4 Å². The molecular formula is C38H50F2N6O2. The molecule has 0 saturated heterocycles. The topological polar surface area (TPSA) is 116 Å². The quantitative estimate of drug-likeness (QED) is 0.129. The van der Waals surface area contributed by atoms with Crippen molar-refractivity contribution in [1.29, 1.82) is 0 Å². The van der Waals surface area contributed by atoms with Crippen LogP contribution in [0.5, 0.6) is 0 Å². The van der Waals surface area contributed by atoms with Crippen molar-refractivity contribution >= 4 is 11.8 Å². The highest BCUT2D eigenvalue weighted by molar-refractivity contribution is 5.82. The van der Waals surface area contributed by atoms with Gasteiger partial charge in [0.05, 0.1) is 49.2 Å². The van der Waals surface area contributed by atoms with Crippen LogP contribution in [0.1, 0.15) is 93.0 Å². The maximum absolute atomic E-state index is 14.1. The van der Waals surface area contributed by atoms with E-state index >= 15 is 0 Å². The number of alkyl halides is 2. The van der Waals surface area contributed by atoms with Crippen molar-refractivity contribution in [3.05, 3.63) is 72.6 Å². The van der Waals surface area contributed by atoms with Crippen molar-refractivity contribution in [1.82, 2.24) is 30.6 Å². The molecule has 0 saturated carbocycles. The molecule has 0 spiro atoms. The van der Waals surface area contributed by atoms with Gasteiger partial charge in [0.2, 0.25) is 11.8 Å². The monoisotopic (exact) mass is 660 g/mol. The first-order valence-electron chi connectivity index (χ1n) is 16.3. The molecule has 0 aliphatic heterocycles. The molecular weight excluding hydrogens is 610 g/mol. The number of carbonyl (C=O) groups excluding carboxylic acids is 2. The Morgan fingerprint density at radius 2 is 0.875 bits per heavy atom. The molecule has 0 bridgehead atoms. The molecule has 2 heterocycles. The number of amides is 2. The van der Waals surface area contributed by atoms with Crippen LogP contribution in [0.2, 0.25) is 0 Å². The summed E-state index contributed by atoms with van der Waals surface area (Å²) >= 11 is 0. The molecule has 4 rings (SSSR count). The van der Waals surface area contributed by atoms with Crippen LogP contribution in [0.25, 0.3) is 33.6 Å². The van der Waals surface area contributed by atoms with Crippen LogP contribution >= 0.6 is 0 Å². The predicted molar refractivity (Wildman–Crippen MR) is 187 cm³/mol. The Morgan fingerprint density at radius 1 is 0.583 bits per heavy atom. The van der Waals surface area contributed by atoms with Gasteiger partial charge in [0.15, 0.2) is 0 Å². The normalized spacial score (nSPS) is 14.0. The molecule has 0 aliphatic rings. The molecule has 2 amide bonds. The number of H-pyrrole nitrogens is 2. The molecule has 2 aromatic carbocycles. The summed E-state index contributed by atoms with van der Waals surface area (Å²) in [4.78, 5) is 41.3. The molecule has 48 heavy (non-hydrogen) atoms. The number of rotatable bonds is 11. The van der Waals surface area contributed by atoms with Crippen LogP contribution in [-0.4, -0.2) is 45.1 Å². The zero-order valence-electron chi connectivity index (χ0n) is 29.8. The first kappa shape index (κ1) is 36.5. The number of nitrogens with zero attached hydrogens (tertiary/aromatic N) is 2. The summed E-state index contributed by atoms with van der Waals surface area (Å²) in [5.41, 5.74) is 2.38. The van der Waals surface area contributed by atoms with E-state index < -0.39 is 47.1 Å². The number of hydrogen-bond donors (Lipinski definition) is 4. The Kier molecular flexibility index (Phi) is 10.4. The lowest BCUT2D eigenvalue weighted by Crippen LogP contribution is -2.44. The van der Waals surface area contributed by atoms with Crippen LogP contribution in [0.15, 0.2) is 60.9 Å². The third kappa shape index (κ3) is 8.20. The number of nitrogens with one attached hydrogen (secondary N) is 4. The summed E-state index contributed by atoms with van der Waals surface area (Å²) in [5.74, 6) is 0.654. The Hall–Kier alpha value is -4.34. The molecule has 4 N–H and O–H groups in total. The van der Waals surface area contributed by atoms with Crippen LogP contribution in [0.4, 0.5) is 8.78 Å². The molecule has 2 unspecified atom stereocenters. The fourth-order valence-corrected chi connectivity index (χ4v) is 5.06. The van der Waals surface area contributed by atoms with Gasteiger partial charge in [0.1, 0.15) is 11.6 Å². The van der Waals surface area contributed by atoms with Crippen LogP contribution in [0, 0.1) is 21.7 Å². The van der Waals surface area contributed by atoms with Gasteiger partial charge >= 0.3 is 0 Å². The third-order valence-corrected chi connectivity index (χ3v) is 8.63. The van der Waals surface area contributed by atoms with E-state index in [0.29, 0.717) is 11.6 Å². The maximum Gasteiger partial charge on any atom is 0.225 e. The largest absolute Gasteiger partial charge is 0.345 e. The maximum atomic E-state index is 14.1. The van der Waals surface area contributed by atoms with Crippen LogP contribution in [-0.2, 0) is 9.59 Å². The fourth-order valence-electron chi connectivity index (χ4n) is 5.06. The van der Waals surface area contributed by atoms with Crippen LogP contribution < -0.4 is 10.6 Å². The Morgan fingerprint density at radius 3 is 1.15 bits per heavy atom. The average molecular weight is 661 g/mol. The first-order chi connectivity index (χ1) is 22.3. The molecule has 8 nitrogen and oxygen atoms in total. The highest BCUT2D eigenvalue weighted by Gasteiger charge is 2.38. The van der Waals surface area contributed by atoms with Gasteiger partial charge < -0.3 is 20.6 Å². The van der Waals surface area contributed by atoms with E-state index in [0.717, 1.165) is 33.6 Å². The van der Waals surface area contributed by atoms with Gasteiger partial charge in [0.25, 0.3) is 0 Å². The molecule has 0 fully saturated rings. The van der Waals surface area contributed by atoms with E-state index in [2.05, 4.69) is 30.6 Å². The van der Waals surface area contributed by atoms with Gasteiger partial charge in [-0.05, 0) is 22.3 Å². The Bertz CT molecular complexity index is 1580. The van der Waals surface area contributed by atoms with Gasteiger partial charge in [-0.25, -0.2) is 9.97 Å². The second-order valence-electron chi connectivity index (χ2n) is 16.1. The smallest absolute Gasteiger partial charge is 0.225 e. The third-order valence-electron chi connectivity index (χ3n) is 8.63. The highest BCUT2D eigenvalue weighted by Crippen LogP contribution is 2.36. The van der Waals surface area contributed by atoms with Crippen molar-refractivity contribution in [2.24, 2.45) is 21.7 Å². The molecule has 4 aromatic rings. The minimum absolute atomic E-state index is 0.176. The van der Waals surface area contributed by atoms with Gasteiger partial charge in [-0.15, -0.1) is 0 Å². The minimum atomic E-state index is -0.862. The molecule has 2 aromatic heterocycles. The van der Waals surface area contributed by atoms with Gasteiger partial charge in [-0.3, -0.25) is 18.4 Å². The van der Waals surface area contributed by atoms with Crippen molar-refractivity contribution in [2.45, 2.75) is 81.3 Å². The van der Waals surface area contributed by atoms with E-state index in [9.17, 15) is 18.4 Å². The molecule has 2 atom stereocenters. The summed E-state index contributed by atoms with van der Waals surface area (Å²) < 4.78 is 28.1. The lowest BCUT2D eigenvalue weighted by atomic mass is 9.84. The number of halogens is 2. The number of aromatic nitrogens is 4. The van der Waals surface area contributed by atoms with Crippen molar-refractivity contribution in [3.63, 3.8) is 0 Å². The van der Waals surface area contributed by atoms with E-state index in [1.54, 1.807) is 40.1 Å². The van der Waals surface area contributed by atoms with E-state index in [4.69, 9.17) is 0 Å². The van der Waals surface area contributed by atoms with Gasteiger partial charge in [-0.2, -0.15) is 0 Å². The van der Waals surface area contributed by atoms with E-state index in [1.165, 1.54) is 0 Å². The minimum Gasteiger partial charge on any atom is -0.345 e. The van der Waals surface area contributed by atoms with E-state index in [-0.39, 0.29) is 11.8 Å². The molecule has 0 aliphatic carbocycles. The summed E-state index contributed by atoms with van der Waals surface area (Å²) in [6.07, 6.45) is 3.41. The van der Waals surface area contributed by atoms with E-state index in [1.807, 2.05) is 90.1 Å². The Labute approximate surface area is 283 Å². The molecule has 258 valence electrons. The SMILES string of the molecule is CC(C)(C)C(=O)NC(c1ncc(-c2ccc(-c3ccc(-c4cnc(C(NC(=O)C(C)(C)C)C(C)(C)CF)[nH]4)cc3)cc2)[nH]1)C(C)(C)CF. The first-order valence-corrected chi connectivity index (χ1v) is 16.3. The molecule has 10 heteroatoms. The summed E-state index contributed by atoms with van der Waals surface area (Å²) in [5, 5.41) is 5.99. The summed E-state index contributed by atoms with van der Waals surface area (Å²) in [6.45, 7) is 16.8. The number of carbonyl (C=O) groups is 2. The standard InChI is InChI=1S/C38H50F2N6O2/c1-35(2,3)33(47)45-29(37(7,8)21-39)31-41-19-27(43-31)25-15-11-23(12-16-25)24-13-17-26(18-14-24)28-20-42-32(44-28)30(38(9,10)22-40)46-34(48)36(4,5)6/h11-20,29-30H,21-22H2,1-10H3,(H,41,43)(H,42,44)(H,45,47)(H,46,48). The number of hydrogen-bond acceptors (Lipinski definition) is 4. The highest BCUT2D eigenvalue weighted by atomic mass is 19.1. The fraction of sp³-hybridized carbons (Fsp3) is 0.474. The zero-order chi connectivity index (χ0) is 35.7. The summed E-state index contributed by atoms with van der Waals surface area (Å²) in [7, 11) is 0. The van der Waals surface area contributed by atoms with Gasteiger partial charge in [-0.1, -0.05) is 118 Å². The number of benzene rings is 2. The van der Waals surface area contributed by atoms with Gasteiger partial charge in [0, 0.05) is 21.7 Å². The lowest BCUT2D eigenvalue weighted by Gasteiger charge is -2.33. The van der Waals surface area contributed by atoms with Crippen LogP contribution in [0.3, 0.4) is 0 Å².